The van der Waals surface area contributed by atoms with Crippen LogP contribution in [0.15, 0.2) is 48.8 Å². The standard InChI is InChI=1S/C20H15ClF3N3/c1-13(27-19-15-7-2-3-8-18(15)25-12-26-19)5-4-6-14-9-10-17(21)16(11-14)20(22,23)24/h2-3,7-13H,5H2,1H3,(H,25,26,27). The quantitative estimate of drug-likeness (QED) is 0.597. The van der Waals surface area contributed by atoms with Crippen molar-refractivity contribution in [2.75, 3.05) is 5.32 Å². The number of hydrogen-bond donors (Lipinski definition) is 1. The van der Waals surface area contributed by atoms with Crippen LogP contribution in [-0.4, -0.2) is 16.0 Å². The Bertz CT molecular complexity index is 1020. The Kier molecular flexibility index (Phi) is 5.52. The van der Waals surface area contributed by atoms with E-state index in [9.17, 15) is 13.2 Å². The predicted molar refractivity (Wildman–Crippen MR) is 101 cm³/mol. The first-order valence-electron chi connectivity index (χ1n) is 8.16. The van der Waals surface area contributed by atoms with E-state index < -0.39 is 11.7 Å². The highest BCUT2D eigenvalue weighted by Crippen LogP contribution is 2.34. The Balaban J connectivity index is 1.71. The van der Waals surface area contributed by atoms with Crippen molar-refractivity contribution in [2.24, 2.45) is 0 Å². The minimum Gasteiger partial charge on any atom is -0.366 e. The molecule has 0 aliphatic rings. The zero-order chi connectivity index (χ0) is 19.4. The summed E-state index contributed by atoms with van der Waals surface area (Å²) in [7, 11) is 0. The second-order valence-corrected chi connectivity index (χ2v) is 6.39. The van der Waals surface area contributed by atoms with E-state index in [1.807, 2.05) is 31.2 Å². The number of nitrogens with one attached hydrogen (secondary N) is 1. The molecule has 0 aliphatic carbocycles. The van der Waals surface area contributed by atoms with Crippen LogP contribution in [0.5, 0.6) is 0 Å². The van der Waals surface area contributed by atoms with E-state index in [-0.39, 0.29) is 16.6 Å². The molecule has 2 aromatic carbocycles. The molecule has 0 bridgehead atoms. The van der Waals surface area contributed by atoms with E-state index in [0.717, 1.165) is 17.0 Å². The van der Waals surface area contributed by atoms with Gasteiger partial charge in [0.05, 0.1) is 16.1 Å². The van der Waals surface area contributed by atoms with Crippen molar-refractivity contribution in [2.45, 2.75) is 25.6 Å². The molecular weight excluding hydrogens is 375 g/mol. The number of alkyl halides is 3. The van der Waals surface area contributed by atoms with E-state index >= 15 is 0 Å². The number of benzene rings is 2. The molecule has 0 saturated heterocycles. The van der Waals surface area contributed by atoms with E-state index in [1.165, 1.54) is 18.5 Å². The second kappa shape index (κ2) is 7.85. The molecule has 1 N–H and O–H groups in total. The molecule has 0 radical (unpaired) electrons. The lowest BCUT2D eigenvalue weighted by molar-refractivity contribution is -0.137. The molecule has 3 aromatic rings. The van der Waals surface area contributed by atoms with E-state index in [2.05, 4.69) is 27.1 Å². The van der Waals surface area contributed by atoms with Crippen LogP contribution in [0.25, 0.3) is 10.9 Å². The first-order chi connectivity index (χ1) is 12.8. The van der Waals surface area contributed by atoms with Crippen LogP contribution in [0.3, 0.4) is 0 Å². The van der Waals surface area contributed by atoms with E-state index in [0.29, 0.717) is 12.2 Å². The van der Waals surface area contributed by atoms with Gasteiger partial charge in [-0.05, 0) is 37.3 Å². The lowest BCUT2D eigenvalue weighted by atomic mass is 10.1. The number of fused-ring (bicyclic) bond motifs is 1. The Labute approximate surface area is 159 Å². The molecule has 3 rings (SSSR count). The summed E-state index contributed by atoms with van der Waals surface area (Å²) < 4.78 is 38.7. The first-order valence-corrected chi connectivity index (χ1v) is 8.54. The molecule has 1 aromatic heterocycles. The Hall–Kier alpha value is -2.78. The topological polar surface area (TPSA) is 37.8 Å². The molecule has 1 heterocycles. The number of hydrogen-bond acceptors (Lipinski definition) is 3. The van der Waals surface area contributed by atoms with Crippen LogP contribution < -0.4 is 5.32 Å². The molecule has 0 fully saturated rings. The van der Waals surface area contributed by atoms with Crippen molar-refractivity contribution in [3.63, 3.8) is 0 Å². The molecule has 0 amide bonds. The van der Waals surface area contributed by atoms with Gasteiger partial charge in [-0.2, -0.15) is 13.2 Å². The van der Waals surface area contributed by atoms with Gasteiger partial charge >= 0.3 is 6.18 Å². The highest BCUT2D eigenvalue weighted by atomic mass is 35.5. The lowest BCUT2D eigenvalue weighted by Crippen LogP contribution is -2.15. The minimum absolute atomic E-state index is 0.0507. The van der Waals surface area contributed by atoms with Crippen LogP contribution in [0.2, 0.25) is 5.02 Å². The fourth-order valence-corrected chi connectivity index (χ4v) is 2.76. The van der Waals surface area contributed by atoms with Crippen LogP contribution >= 0.6 is 11.6 Å². The summed E-state index contributed by atoms with van der Waals surface area (Å²) >= 11 is 5.61. The van der Waals surface area contributed by atoms with Crippen molar-refractivity contribution < 1.29 is 13.2 Å². The number of para-hydroxylation sites is 1. The maximum atomic E-state index is 12.9. The number of halogens is 4. The van der Waals surface area contributed by atoms with Crippen LogP contribution in [0.4, 0.5) is 19.0 Å². The van der Waals surface area contributed by atoms with Gasteiger partial charge in [-0.25, -0.2) is 9.97 Å². The molecule has 1 atom stereocenters. The average molecular weight is 390 g/mol. The SMILES string of the molecule is CC(CC#Cc1ccc(Cl)c(C(F)(F)F)c1)Nc1ncnc2ccccc12. The van der Waals surface area contributed by atoms with Crippen LogP contribution in [0, 0.1) is 11.8 Å². The molecule has 138 valence electrons. The summed E-state index contributed by atoms with van der Waals surface area (Å²) in [4.78, 5) is 8.46. The molecule has 1 unspecified atom stereocenters. The Morgan fingerprint density at radius 2 is 1.93 bits per heavy atom. The molecule has 7 heteroatoms. The fraction of sp³-hybridized carbons (Fsp3) is 0.200. The summed E-state index contributed by atoms with van der Waals surface area (Å²) in [5, 5.41) is 3.82. The molecule has 0 spiro atoms. The van der Waals surface area contributed by atoms with Gasteiger partial charge in [0.2, 0.25) is 0 Å². The first kappa shape index (κ1) is 19.0. The van der Waals surface area contributed by atoms with Gasteiger partial charge in [0, 0.05) is 23.4 Å². The van der Waals surface area contributed by atoms with Crippen molar-refractivity contribution in [1.29, 1.82) is 0 Å². The van der Waals surface area contributed by atoms with Gasteiger partial charge in [0.1, 0.15) is 12.1 Å². The zero-order valence-corrected chi connectivity index (χ0v) is 15.1. The predicted octanol–water partition coefficient (Wildman–Crippen LogP) is 5.54. The smallest absolute Gasteiger partial charge is 0.366 e. The maximum Gasteiger partial charge on any atom is 0.417 e. The summed E-state index contributed by atoms with van der Waals surface area (Å²) in [5.41, 5.74) is 0.218. The monoisotopic (exact) mass is 389 g/mol. The number of anilines is 1. The third-order valence-corrected chi connectivity index (χ3v) is 4.17. The number of nitrogens with zero attached hydrogens (tertiary/aromatic N) is 2. The normalized spacial score (nSPS) is 12.3. The van der Waals surface area contributed by atoms with Gasteiger partial charge in [-0.3, -0.25) is 0 Å². The largest absolute Gasteiger partial charge is 0.417 e. The highest BCUT2D eigenvalue weighted by molar-refractivity contribution is 6.31. The molecule has 3 nitrogen and oxygen atoms in total. The van der Waals surface area contributed by atoms with Crippen LogP contribution in [-0.2, 0) is 6.18 Å². The lowest BCUT2D eigenvalue weighted by Gasteiger charge is -2.13. The van der Waals surface area contributed by atoms with Gasteiger partial charge in [-0.15, -0.1) is 0 Å². The van der Waals surface area contributed by atoms with Gasteiger partial charge < -0.3 is 5.32 Å². The van der Waals surface area contributed by atoms with Crippen molar-refractivity contribution in [1.82, 2.24) is 9.97 Å². The molecule has 0 saturated carbocycles. The highest BCUT2D eigenvalue weighted by Gasteiger charge is 2.33. The minimum atomic E-state index is -4.50. The summed E-state index contributed by atoms with van der Waals surface area (Å²) in [6.07, 6.45) is -2.59. The van der Waals surface area contributed by atoms with E-state index in [4.69, 9.17) is 11.6 Å². The van der Waals surface area contributed by atoms with Crippen molar-refractivity contribution >= 4 is 28.3 Å². The van der Waals surface area contributed by atoms with Crippen molar-refractivity contribution in [3.05, 3.63) is 64.9 Å². The molecule has 0 aliphatic heterocycles. The Morgan fingerprint density at radius 1 is 1.15 bits per heavy atom. The number of rotatable bonds is 3. The van der Waals surface area contributed by atoms with Crippen LogP contribution in [0.1, 0.15) is 24.5 Å². The van der Waals surface area contributed by atoms with Crippen molar-refractivity contribution in [3.8, 4) is 11.8 Å². The summed E-state index contributed by atoms with van der Waals surface area (Å²) in [6, 6.07) is 11.2. The second-order valence-electron chi connectivity index (χ2n) is 5.98. The van der Waals surface area contributed by atoms with Gasteiger partial charge in [-0.1, -0.05) is 35.6 Å². The third kappa shape index (κ3) is 4.69. The Morgan fingerprint density at radius 3 is 2.70 bits per heavy atom. The summed E-state index contributed by atoms with van der Waals surface area (Å²) in [5.74, 6) is 6.35. The zero-order valence-electron chi connectivity index (χ0n) is 14.3. The van der Waals surface area contributed by atoms with Gasteiger partial charge in [0.25, 0.3) is 0 Å². The fourth-order valence-electron chi connectivity index (χ4n) is 2.53. The molecular formula is C20H15ClF3N3. The van der Waals surface area contributed by atoms with Gasteiger partial charge in [0.15, 0.2) is 0 Å². The number of aromatic nitrogens is 2. The van der Waals surface area contributed by atoms with E-state index in [1.54, 1.807) is 0 Å². The molecule has 27 heavy (non-hydrogen) atoms. The average Bonchev–Trinajstić information content (AvgIpc) is 2.62. The maximum absolute atomic E-state index is 12.9. The summed E-state index contributed by atoms with van der Waals surface area (Å²) in [6.45, 7) is 1.93. The third-order valence-electron chi connectivity index (χ3n) is 3.84.